The molecular formula is C13H20N4O2. The van der Waals surface area contributed by atoms with E-state index >= 15 is 0 Å². The second-order valence-corrected chi connectivity index (χ2v) is 5.47. The molecule has 0 bridgehead atoms. The van der Waals surface area contributed by atoms with Gasteiger partial charge in [0.25, 0.3) is 5.56 Å². The van der Waals surface area contributed by atoms with E-state index in [9.17, 15) is 4.79 Å². The smallest absolute Gasteiger partial charge is 0.252 e. The van der Waals surface area contributed by atoms with Gasteiger partial charge in [0.2, 0.25) is 0 Å². The first-order valence-corrected chi connectivity index (χ1v) is 6.87. The van der Waals surface area contributed by atoms with Gasteiger partial charge in [0.1, 0.15) is 11.6 Å². The maximum Gasteiger partial charge on any atom is 0.252 e. The minimum Gasteiger partial charge on any atom is -0.370 e. The highest BCUT2D eigenvalue weighted by Crippen LogP contribution is 2.38. The van der Waals surface area contributed by atoms with Gasteiger partial charge in [-0.05, 0) is 19.8 Å². The van der Waals surface area contributed by atoms with Crippen molar-refractivity contribution in [3.05, 3.63) is 22.2 Å². The zero-order chi connectivity index (χ0) is 13.4. The van der Waals surface area contributed by atoms with Crippen LogP contribution in [0, 0.1) is 0 Å². The molecule has 0 radical (unpaired) electrons. The summed E-state index contributed by atoms with van der Waals surface area (Å²) in [5, 5.41) is 0. The van der Waals surface area contributed by atoms with Crippen molar-refractivity contribution in [3.8, 4) is 0 Å². The number of hydrogen-bond donors (Lipinski definition) is 2. The molecule has 2 unspecified atom stereocenters. The number of rotatable bonds is 3. The molecule has 1 saturated carbocycles. The van der Waals surface area contributed by atoms with Gasteiger partial charge in [-0.3, -0.25) is 4.79 Å². The molecule has 0 spiro atoms. The Labute approximate surface area is 112 Å². The molecule has 1 aromatic heterocycles. The summed E-state index contributed by atoms with van der Waals surface area (Å²) in [5.41, 5.74) is 5.61. The lowest BCUT2D eigenvalue weighted by molar-refractivity contribution is -0.0107. The van der Waals surface area contributed by atoms with Crippen molar-refractivity contribution in [1.82, 2.24) is 9.97 Å². The first kappa shape index (κ1) is 12.6. The maximum absolute atomic E-state index is 11.7. The summed E-state index contributed by atoms with van der Waals surface area (Å²) in [7, 11) is 0. The van der Waals surface area contributed by atoms with Crippen LogP contribution in [-0.2, 0) is 4.74 Å². The third-order valence-electron chi connectivity index (χ3n) is 3.62. The third-order valence-corrected chi connectivity index (χ3v) is 3.62. The lowest BCUT2D eigenvalue weighted by Crippen LogP contribution is -2.49. The molecule has 2 fully saturated rings. The van der Waals surface area contributed by atoms with Crippen LogP contribution in [0.2, 0.25) is 0 Å². The van der Waals surface area contributed by atoms with E-state index in [1.165, 1.54) is 0 Å². The number of anilines is 1. The normalized spacial score (nSPS) is 27.6. The second-order valence-electron chi connectivity index (χ2n) is 5.47. The molecule has 3 rings (SSSR count). The second kappa shape index (κ2) is 4.94. The molecule has 6 heteroatoms. The summed E-state index contributed by atoms with van der Waals surface area (Å²) in [6.07, 6.45) is 2.36. The van der Waals surface area contributed by atoms with Crippen LogP contribution in [0.15, 0.2) is 10.9 Å². The van der Waals surface area contributed by atoms with E-state index in [4.69, 9.17) is 10.5 Å². The predicted octanol–water partition coefficient (Wildman–Crippen LogP) is 0.200. The third kappa shape index (κ3) is 2.79. The average molecular weight is 264 g/mol. The molecule has 104 valence electrons. The van der Waals surface area contributed by atoms with Crippen LogP contribution in [0.4, 0.5) is 5.82 Å². The Morgan fingerprint density at radius 3 is 3.00 bits per heavy atom. The largest absolute Gasteiger partial charge is 0.370 e. The van der Waals surface area contributed by atoms with Crippen LogP contribution in [0.3, 0.4) is 0 Å². The van der Waals surface area contributed by atoms with Crippen molar-refractivity contribution in [1.29, 1.82) is 0 Å². The minimum absolute atomic E-state index is 0.00853. The standard InChI is InChI=1S/C13H20N4O2/c1-8-6-17(7-10(5-14)19-8)11-4-12(18)16-13(15-11)9-2-3-9/h4,8-10H,2-3,5-7,14H2,1H3,(H,15,16,18). The first-order valence-electron chi connectivity index (χ1n) is 6.87. The van der Waals surface area contributed by atoms with E-state index in [-0.39, 0.29) is 17.8 Å². The van der Waals surface area contributed by atoms with Gasteiger partial charge in [0, 0.05) is 31.6 Å². The van der Waals surface area contributed by atoms with Gasteiger partial charge < -0.3 is 20.4 Å². The topological polar surface area (TPSA) is 84.2 Å². The molecule has 0 aromatic carbocycles. The Morgan fingerprint density at radius 2 is 2.32 bits per heavy atom. The van der Waals surface area contributed by atoms with Crippen LogP contribution >= 0.6 is 0 Å². The van der Waals surface area contributed by atoms with E-state index in [0.717, 1.165) is 31.0 Å². The van der Waals surface area contributed by atoms with Crippen LogP contribution in [0.25, 0.3) is 0 Å². The van der Waals surface area contributed by atoms with Gasteiger partial charge in [0.05, 0.1) is 12.2 Å². The molecule has 0 amide bonds. The van der Waals surface area contributed by atoms with Crippen LogP contribution < -0.4 is 16.2 Å². The molecule has 1 aliphatic heterocycles. The zero-order valence-corrected chi connectivity index (χ0v) is 11.1. The minimum atomic E-state index is -0.0738. The maximum atomic E-state index is 11.7. The summed E-state index contributed by atoms with van der Waals surface area (Å²) < 4.78 is 5.73. The predicted molar refractivity (Wildman–Crippen MR) is 72.4 cm³/mol. The zero-order valence-electron chi connectivity index (χ0n) is 11.1. The molecular weight excluding hydrogens is 244 g/mol. The highest BCUT2D eigenvalue weighted by molar-refractivity contribution is 5.39. The number of hydrogen-bond acceptors (Lipinski definition) is 5. The van der Waals surface area contributed by atoms with Crippen molar-refractivity contribution in [3.63, 3.8) is 0 Å². The molecule has 1 aromatic rings. The summed E-state index contributed by atoms with van der Waals surface area (Å²) in [6, 6.07) is 1.57. The highest BCUT2D eigenvalue weighted by atomic mass is 16.5. The van der Waals surface area contributed by atoms with Crippen molar-refractivity contribution in [2.24, 2.45) is 5.73 Å². The Balaban J connectivity index is 1.86. The number of aromatic nitrogens is 2. The Kier molecular flexibility index (Phi) is 3.28. The monoisotopic (exact) mass is 264 g/mol. The van der Waals surface area contributed by atoms with Crippen molar-refractivity contribution in [2.75, 3.05) is 24.5 Å². The molecule has 6 nitrogen and oxygen atoms in total. The molecule has 2 atom stereocenters. The van der Waals surface area contributed by atoms with E-state index in [0.29, 0.717) is 19.0 Å². The van der Waals surface area contributed by atoms with Crippen molar-refractivity contribution >= 4 is 5.82 Å². The fraction of sp³-hybridized carbons (Fsp3) is 0.692. The van der Waals surface area contributed by atoms with Gasteiger partial charge in [0.15, 0.2) is 0 Å². The molecule has 19 heavy (non-hydrogen) atoms. The van der Waals surface area contributed by atoms with E-state index in [1.807, 2.05) is 6.92 Å². The van der Waals surface area contributed by atoms with E-state index in [1.54, 1.807) is 6.07 Å². The molecule has 2 aliphatic rings. The fourth-order valence-corrected chi connectivity index (χ4v) is 2.54. The van der Waals surface area contributed by atoms with Crippen molar-refractivity contribution in [2.45, 2.75) is 37.9 Å². The summed E-state index contributed by atoms with van der Waals surface area (Å²) in [5.74, 6) is 2.02. The van der Waals surface area contributed by atoms with Crippen LogP contribution in [0.5, 0.6) is 0 Å². The lowest BCUT2D eigenvalue weighted by atomic mass is 10.2. The molecule has 1 aliphatic carbocycles. The van der Waals surface area contributed by atoms with Gasteiger partial charge in [-0.25, -0.2) is 4.98 Å². The number of H-pyrrole nitrogens is 1. The Bertz CT molecular complexity index is 512. The number of aromatic amines is 1. The average Bonchev–Trinajstić information content (AvgIpc) is 3.21. The van der Waals surface area contributed by atoms with Gasteiger partial charge in [-0.15, -0.1) is 0 Å². The number of ether oxygens (including phenoxy) is 1. The number of nitrogens with one attached hydrogen (secondary N) is 1. The van der Waals surface area contributed by atoms with Gasteiger partial charge >= 0.3 is 0 Å². The number of nitrogens with two attached hydrogens (primary N) is 1. The van der Waals surface area contributed by atoms with Gasteiger partial charge in [-0.2, -0.15) is 0 Å². The summed E-state index contributed by atoms with van der Waals surface area (Å²) in [6.45, 7) is 3.95. The fourth-order valence-electron chi connectivity index (χ4n) is 2.54. The highest BCUT2D eigenvalue weighted by Gasteiger charge is 2.29. The molecule has 1 saturated heterocycles. The first-order chi connectivity index (χ1) is 9.15. The summed E-state index contributed by atoms with van der Waals surface area (Å²) in [4.78, 5) is 21.3. The molecule has 3 N–H and O–H groups in total. The Morgan fingerprint density at radius 1 is 1.53 bits per heavy atom. The van der Waals surface area contributed by atoms with E-state index < -0.39 is 0 Å². The number of morpholine rings is 1. The Hall–Kier alpha value is -1.40. The number of nitrogens with zero attached hydrogens (tertiary/aromatic N) is 2. The SMILES string of the molecule is CC1CN(c2cc(=O)[nH]c(C3CC3)n2)CC(CN)O1. The van der Waals surface area contributed by atoms with Crippen LogP contribution in [0.1, 0.15) is 31.5 Å². The lowest BCUT2D eigenvalue weighted by Gasteiger charge is -2.37. The van der Waals surface area contributed by atoms with Gasteiger partial charge in [-0.1, -0.05) is 0 Å². The van der Waals surface area contributed by atoms with Crippen molar-refractivity contribution < 1.29 is 4.74 Å². The van der Waals surface area contributed by atoms with E-state index in [2.05, 4.69) is 14.9 Å². The summed E-state index contributed by atoms with van der Waals surface area (Å²) >= 11 is 0. The molecule has 2 heterocycles. The quantitative estimate of drug-likeness (QED) is 0.814. The van der Waals surface area contributed by atoms with Crippen LogP contribution in [-0.4, -0.2) is 41.8 Å².